The molecule has 13 heteroatoms. The Morgan fingerprint density at radius 3 is 2.91 bits per heavy atom. The molecule has 0 aliphatic carbocycles. The summed E-state index contributed by atoms with van der Waals surface area (Å²) in [7, 11) is 0. The standard InChI is InChI=1S/C21H17F3N8O2/c22-21(23,24)7-17(33)30-4-1-2-13(11-30)32-19-15(28-20(32)34)10-26-18(29-19)14-9-27-31-5-3-12(8-25)6-16(14)31/h3,5-6,9-10,13H,1-2,4,7,11H2,(H,28,34). The van der Waals surface area contributed by atoms with Gasteiger partial charge in [-0.05, 0) is 25.0 Å². The molecule has 10 nitrogen and oxygen atoms in total. The van der Waals surface area contributed by atoms with Crippen molar-refractivity contribution in [2.45, 2.75) is 31.5 Å². The van der Waals surface area contributed by atoms with Crippen LogP contribution in [0.15, 0.2) is 35.5 Å². The number of rotatable bonds is 3. The van der Waals surface area contributed by atoms with Crippen LogP contribution in [0.1, 0.15) is 30.9 Å². The van der Waals surface area contributed by atoms with Crippen LogP contribution in [0.5, 0.6) is 0 Å². The summed E-state index contributed by atoms with van der Waals surface area (Å²) in [5.41, 5.74) is 1.74. The van der Waals surface area contributed by atoms with Gasteiger partial charge in [0.15, 0.2) is 11.5 Å². The van der Waals surface area contributed by atoms with Crippen molar-refractivity contribution in [3.05, 3.63) is 46.8 Å². The molecule has 5 heterocycles. The van der Waals surface area contributed by atoms with E-state index < -0.39 is 30.2 Å². The Hall–Kier alpha value is -4.21. The van der Waals surface area contributed by atoms with E-state index in [-0.39, 0.29) is 24.6 Å². The van der Waals surface area contributed by atoms with Crippen LogP contribution in [0.2, 0.25) is 0 Å². The van der Waals surface area contributed by atoms with Crippen LogP contribution in [0, 0.1) is 11.3 Å². The van der Waals surface area contributed by atoms with E-state index in [1.807, 2.05) is 0 Å². The molecule has 1 atom stereocenters. The van der Waals surface area contributed by atoms with Crippen molar-refractivity contribution in [2.75, 3.05) is 13.1 Å². The number of pyridine rings is 1. The van der Waals surface area contributed by atoms with Crippen molar-refractivity contribution >= 4 is 22.6 Å². The topological polar surface area (TPSA) is 125 Å². The molecule has 1 amide bonds. The smallest absolute Gasteiger partial charge is 0.340 e. The van der Waals surface area contributed by atoms with Crippen LogP contribution in [0.4, 0.5) is 13.2 Å². The molecule has 1 fully saturated rings. The van der Waals surface area contributed by atoms with E-state index in [2.05, 4.69) is 26.1 Å². The number of carbonyl (C=O) groups excluding carboxylic acids is 1. The lowest BCUT2D eigenvalue weighted by Crippen LogP contribution is -2.43. The summed E-state index contributed by atoms with van der Waals surface area (Å²) in [5.74, 6) is -0.744. The number of hydrogen-bond donors (Lipinski definition) is 1. The van der Waals surface area contributed by atoms with Crippen LogP contribution in [-0.4, -0.2) is 59.2 Å². The zero-order valence-electron chi connectivity index (χ0n) is 17.6. The molecular weight excluding hydrogens is 453 g/mol. The first kappa shape index (κ1) is 21.6. The molecule has 4 aromatic rings. The molecule has 34 heavy (non-hydrogen) atoms. The van der Waals surface area contributed by atoms with Crippen molar-refractivity contribution in [1.29, 1.82) is 5.26 Å². The lowest BCUT2D eigenvalue weighted by atomic mass is 10.0. The van der Waals surface area contributed by atoms with Crippen LogP contribution >= 0.6 is 0 Å². The van der Waals surface area contributed by atoms with Gasteiger partial charge in [-0.15, -0.1) is 0 Å². The van der Waals surface area contributed by atoms with Gasteiger partial charge in [0.1, 0.15) is 11.9 Å². The molecule has 174 valence electrons. The van der Waals surface area contributed by atoms with Crippen molar-refractivity contribution in [1.82, 2.24) is 34.0 Å². The van der Waals surface area contributed by atoms with Crippen LogP contribution < -0.4 is 5.69 Å². The summed E-state index contributed by atoms with van der Waals surface area (Å²) in [6, 6.07) is 4.79. The summed E-state index contributed by atoms with van der Waals surface area (Å²) < 4.78 is 41.0. The number of H-pyrrole nitrogens is 1. The fourth-order valence-corrected chi connectivity index (χ4v) is 4.28. The summed E-state index contributed by atoms with van der Waals surface area (Å²) >= 11 is 0. The number of nitriles is 1. The Balaban J connectivity index is 1.53. The molecule has 5 rings (SSSR count). The Morgan fingerprint density at radius 2 is 2.15 bits per heavy atom. The van der Waals surface area contributed by atoms with Gasteiger partial charge in [0.25, 0.3) is 0 Å². The monoisotopic (exact) mass is 470 g/mol. The van der Waals surface area contributed by atoms with Gasteiger partial charge >= 0.3 is 11.9 Å². The average Bonchev–Trinajstić information content (AvgIpc) is 3.37. The van der Waals surface area contributed by atoms with E-state index in [1.165, 1.54) is 10.8 Å². The van der Waals surface area contributed by atoms with Gasteiger partial charge in [0.2, 0.25) is 5.91 Å². The molecule has 0 saturated carbocycles. The minimum Gasteiger partial charge on any atom is -0.340 e. The van der Waals surface area contributed by atoms with E-state index >= 15 is 0 Å². The normalized spacial score (nSPS) is 16.8. The fraction of sp³-hybridized carbons (Fsp3) is 0.333. The summed E-state index contributed by atoms with van der Waals surface area (Å²) in [4.78, 5) is 37.5. The lowest BCUT2D eigenvalue weighted by molar-refractivity contribution is -0.162. The first-order valence-electron chi connectivity index (χ1n) is 10.4. The van der Waals surface area contributed by atoms with E-state index in [4.69, 9.17) is 0 Å². The van der Waals surface area contributed by atoms with Crippen molar-refractivity contribution in [3.8, 4) is 17.5 Å². The molecule has 0 bridgehead atoms. The zero-order chi connectivity index (χ0) is 24.0. The molecule has 1 aliphatic heterocycles. The third kappa shape index (κ3) is 3.87. The van der Waals surface area contributed by atoms with Gasteiger partial charge in [-0.3, -0.25) is 9.36 Å². The molecule has 0 spiro atoms. The number of imidazole rings is 1. The Kier molecular flexibility index (Phi) is 5.07. The fourth-order valence-electron chi connectivity index (χ4n) is 4.28. The molecular formula is C21H17F3N8O2. The largest absolute Gasteiger partial charge is 0.397 e. The number of piperidine rings is 1. The highest BCUT2D eigenvalue weighted by molar-refractivity contribution is 5.80. The van der Waals surface area contributed by atoms with Gasteiger partial charge in [0, 0.05) is 19.3 Å². The third-order valence-corrected chi connectivity index (χ3v) is 5.81. The lowest BCUT2D eigenvalue weighted by Gasteiger charge is -2.33. The van der Waals surface area contributed by atoms with Crippen LogP contribution in [0.3, 0.4) is 0 Å². The number of alkyl halides is 3. The minimum atomic E-state index is -4.59. The number of halogens is 3. The number of carbonyl (C=O) groups is 1. The summed E-state index contributed by atoms with van der Waals surface area (Å²) in [6.07, 6.45) is -0.539. The predicted octanol–water partition coefficient (Wildman–Crippen LogP) is 2.42. The highest BCUT2D eigenvalue weighted by Gasteiger charge is 2.36. The van der Waals surface area contributed by atoms with E-state index in [9.17, 15) is 28.0 Å². The zero-order valence-corrected chi connectivity index (χ0v) is 17.6. The van der Waals surface area contributed by atoms with Gasteiger partial charge in [0.05, 0.1) is 41.1 Å². The number of hydrogen-bond acceptors (Lipinski definition) is 6. The minimum absolute atomic E-state index is 0.0245. The second-order valence-electron chi connectivity index (χ2n) is 8.07. The Labute approximate surface area is 189 Å². The molecule has 1 saturated heterocycles. The highest BCUT2D eigenvalue weighted by atomic mass is 19.4. The van der Waals surface area contributed by atoms with Crippen molar-refractivity contribution in [3.63, 3.8) is 0 Å². The van der Waals surface area contributed by atoms with Crippen molar-refractivity contribution in [2.24, 2.45) is 0 Å². The van der Waals surface area contributed by atoms with Gasteiger partial charge < -0.3 is 9.88 Å². The average molecular weight is 470 g/mol. The SMILES string of the molecule is N#Cc1ccn2ncc(-c3ncc4[nH]c(=O)n(C5CCCN(C(=O)CC(F)(F)F)C5)c4n3)c2c1. The predicted molar refractivity (Wildman–Crippen MR) is 113 cm³/mol. The highest BCUT2D eigenvalue weighted by Crippen LogP contribution is 2.28. The quantitative estimate of drug-likeness (QED) is 0.490. The molecule has 4 aromatic heterocycles. The van der Waals surface area contributed by atoms with Gasteiger partial charge in [-0.25, -0.2) is 19.3 Å². The van der Waals surface area contributed by atoms with E-state index in [1.54, 1.807) is 29.0 Å². The van der Waals surface area contributed by atoms with E-state index in [0.717, 1.165) is 4.90 Å². The molecule has 1 aliphatic rings. The second-order valence-corrected chi connectivity index (χ2v) is 8.07. The van der Waals surface area contributed by atoms with E-state index in [0.29, 0.717) is 35.0 Å². The first-order valence-corrected chi connectivity index (χ1v) is 10.4. The number of likely N-dealkylation sites (tertiary alicyclic amines) is 1. The summed E-state index contributed by atoms with van der Waals surface area (Å²) in [6.45, 7) is 0.176. The van der Waals surface area contributed by atoms with Crippen LogP contribution in [-0.2, 0) is 4.79 Å². The number of fused-ring (bicyclic) bond motifs is 2. The summed E-state index contributed by atoms with van der Waals surface area (Å²) in [5, 5.41) is 13.4. The molecule has 1 unspecified atom stereocenters. The number of nitrogens with zero attached hydrogens (tertiary/aromatic N) is 7. The molecule has 0 radical (unpaired) electrons. The third-order valence-electron chi connectivity index (χ3n) is 5.81. The molecule has 1 N–H and O–H groups in total. The number of aromatic nitrogens is 6. The van der Waals surface area contributed by atoms with Gasteiger partial charge in [-0.1, -0.05) is 0 Å². The number of aromatic amines is 1. The maximum Gasteiger partial charge on any atom is 0.397 e. The Bertz CT molecular complexity index is 1510. The molecule has 0 aromatic carbocycles. The maximum absolute atomic E-state index is 12.7. The Morgan fingerprint density at radius 1 is 1.32 bits per heavy atom. The van der Waals surface area contributed by atoms with Gasteiger partial charge in [-0.2, -0.15) is 23.5 Å². The maximum atomic E-state index is 12.7. The first-order chi connectivity index (χ1) is 16.2. The van der Waals surface area contributed by atoms with Crippen LogP contribution in [0.25, 0.3) is 28.1 Å². The number of amides is 1. The second kappa shape index (κ2) is 7.98. The van der Waals surface area contributed by atoms with Crippen molar-refractivity contribution < 1.29 is 18.0 Å². The number of nitrogens with one attached hydrogen (secondary N) is 1.